The second-order valence-corrected chi connectivity index (χ2v) is 10.3. The molecule has 1 aliphatic rings. The van der Waals surface area contributed by atoms with Crippen molar-refractivity contribution < 1.29 is 24.9 Å². The molecule has 17 heavy (non-hydrogen) atoms. The smallest absolute Gasteiger partial charge is 0.147 e. The van der Waals surface area contributed by atoms with Gasteiger partial charge >= 0.3 is 107 Å². The standard InChI is InChI=1S/C12H21OSi.2ClH.Ti/c1-10(2)13-14(4,5)11(3)12-8-6-7-9-12;;;/h6,8,10-11H,7H2,1-5H3;2*1H;. The first-order valence-corrected chi connectivity index (χ1v) is 9.40. The minimum Gasteiger partial charge on any atom is -0.147 e. The van der Waals surface area contributed by atoms with Gasteiger partial charge in [0.25, 0.3) is 0 Å². The molecule has 0 amide bonds. The molecule has 0 aliphatic heterocycles. The molecule has 99 valence electrons. The Labute approximate surface area is 131 Å². The maximum Gasteiger partial charge on any atom is -0.147 e. The van der Waals surface area contributed by atoms with Crippen LogP contribution in [0.1, 0.15) is 27.2 Å². The van der Waals surface area contributed by atoms with Gasteiger partial charge in [0.05, 0.1) is 0 Å². The summed E-state index contributed by atoms with van der Waals surface area (Å²) >= 11 is 2.24. The third-order valence-electron chi connectivity index (χ3n) is 3.02. The third kappa shape index (κ3) is 5.63. The Hall–Kier alpha value is 0.951. The average molecular weight is 330 g/mol. The average Bonchev–Trinajstić information content (AvgIpc) is 2.47. The molecule has 0 saturated heterocycles. The molecule has 0 aromatic carbocycles. The van der Waals surface area contributed by atoms with E-state index in [1.54, 1.807) is 0 Å². The van der Waals surface area contributed by atoms with Crippen molar-refractivity contribution in [2.75, 3.05) is 0 Å². The normalized spacial score (nSPS) is 16.8. The zero-order valence-electron chi connectivity index (χ0n) is 11.2. The molecule has 0 radical (unpaired) electrons. The molecule has 5 heteroatoms. The summed E-state index contributed by atoms with van der Waals surface area (Å²) in [6, 6.07) is 0. The van der Waals surface area contributed by atoms with Crippen molar-refractivity contribution in [1.29, 1.82) is 0 Å². The van der Waals surface area contributed by atoms with E-state index >= 15 is 0 Å². The Balaban J connectivity index is 0. The molecule has 0 aromatic rings. The van der Waals surface area contributed by atoms with Gasteiger partial charge in [-0.1, -0.05) is 0 Å². The van der Waals surface area contributed by atoms with Gasteiger partial charge in [-0.3, -0.25) is 0 Å². The molecule has 1 unspecified atom stereocenters. The van der Waals surface area contributed by atoms with Crippen LogP contribution in [0, 0.1) is 0 Å². The Kier molecular flexibility index (Phi) is 9.76. The van der Waals surface area contributed by atoms with Crippen molar-refractivity contribution in [3.05, 3.63) is 21.6 Å². The molecular formula is C12H23Cl2OSiTi. The first-order valence-electron chi connectivity index (χ1n) is 5.63. The predicted molar refractivity (Wildman–Crippen MR) is 78.4 cm³/mol. The van der Waals surface area contributed by atoms with Gasteiger partial charge < -0.3 is 0 Å². The van der Waals surface area contributed by atoms with Crippen LogP contribution < -0.4 is 0 Å². The van der Waals surface area contributed by atoms with E-state index in [1.165, 1.54) is 9.45 Å². The fourth-order valence-electron chi connectivity index (χ4n) is 2.01. The van der Waals surface area contributed by atoms with E-state index in [2.05, 4.69) is 66.5 Å². The van der Waals surface area contributed by atoms with Gasteiger partial charge in [0.2, 0.25) is 0 Å². The molecule has 1 aliphatic carbocycles. The summed E-state index contributed by atoms with van der Waals surface area (Å²) in [5.41, 5.74) is 2.12. The molecule has 0 fully saturated rings. The molecule has 1 atom stereocenters. The van der Waals surface area contributed by atoms with E-state index in [1.807, 2.05) is 0 Å². The van der Waals surface area contributed by atoms with Gasteiger partial charge in [-0.2, -0.15) is 0 Å². The molecule has 0 saturated carbocycles. The quantitative estimate of drug-likeness (QED) is 0.684. The summed E-state index contributed by atoms with van der Waals surface area (Å²) in [4.78, 5) is 0. The molecule has 0 N–H and O–H groups in total. The Bertz CT molecular complexity index is 301. The van der Waals surface area contributed by atoms with Crippen molar-refractivity contribution in [2.24, 2.45) is 0 Å². The van der Waals surface area contributed by atoms with E-state index in [0.717, 1.165) is 6.42 Å². The summed E-state index contributed by atoms with van der Waals surface area (Å²) in [6.07, 6.45) is 6.03. The minimum atomic E-state index is -1.59. The molecule has 0 heterocycles. The van der Waals surface area contributed by atoms with Crippen molar-refractivity contribution >= 4 is 33.1 Å². The van der Waals surface area contributed by atoms with Crippen LogP contribution in [-0.4, -0.2) is 14.4 Å². The summed E-state index contributed by atoms with van der Waals surface area (Å²) in [5, 5.41) is 0. The number of hydrogen-bond donors (Lipinski definition) is 0. The van der Waals surface area contributed by atoms with Gasteiger partial charge in [0.1, 0.15) is 0 Å². The van der Waals surface area contributed by atoms with Crippen LogP contribution in [0.2, 0.25) is 18.6 Å². The largest absolute Gasteiger partial charge is 0.147 e. The summed E-state index contributed by atoms with van der Waals surface area (Å²) in [6.45, 7) is 11.2. The fourth-order valence-corrected chi connectivity index (χ4v) is 5.33. The second-order valence-electron chi connectivity index (χ2n) is 5.03. The maximum atomic E-state index is 6.13. The number of rotatable bonds is 4. The SMILES string of the molecule is CC(C)O[Si](C)(C)C(C)C1=[C]([Ti])CC=C1.Cl.Cl. The van der Waals surface area contributed by atoms with Crippen LogP contribution >= 0.6 is 24.8 Å². The first-order chi connectivity index (χ1) is 6.84. The van der Waals surface area contributed by atoms with E-state index in [4.69, 9.17) is 4.43 Å². The van der Waals surface area contributed by atoms with Crippen LogP contribution in [0.4, 0.5) is 0 Å². The van der Waals surface area contributed by atoms with Crippen molar-refractivity contribution in [3.63, 3.8) is 0 Å². The van der Waals surface area contributed by atoms with Crippen LogP contribution in [0.5, 0.6) is 0 Å². The maximum absolute atomic E-state index is 6.13. The summed E-state index contributed by atoms with van der Waals surface area (Å²) in [7, 11) is -1.59. The van der Waals surface area contributed by atoms with E-state index in [0.29, 0.717) is 11.6 Å². The monoisotopic (exact) mass is 329 g/mol. The van der Waals surface area contributed by atoms with E-state index in [9.17, 15) is 0 Å². The van der Waals surface area contributed by atoms with Crippen LogP contribution in [0.15, 0.2) is 21.6 Å². The second kappa shape index (κ2) is 8.19. The summed E-state index contributed by atoms with van der Waals surface area (Å²) in [5.74, 6) is 0. The zero-order chi connectivity index (χ0) is 11.6. The Morgan fingerprint density at radius 2 is 1.76 bits per heavy atom. The fraction of sp³-hybridized carbons (Fsp3) is 0.667. The predicted octanol–water partition coefficient (Wildman–Crippen LogP) is 4.61. The summed E-state index contributed by atoms with van der Waals surface area (Å²) < 4.78 is 7.65. The van der Waals surface area contributed by atoms with E-state index < -0.39 is 8.32 Å². The molecule has 0 spiro atoms. The molecule has 1 nitrogen and oxygen atoms in total. The van der Waals surface area contributed by atoms with Crippen molar-refractivity contribution in [1.82, 2.24) is 0 Å². The van der Waals surface area contributed by atoms with Gasteiger partial charge in [0, 0.05) is 0 Å². The van der Waals surface area contributed by atoms with Gasteiger partial charge in [-0.05, 0) is 0 Å². The molecule has 0 aromatic heterocycles. The number of halogens is 2. The molecule has 0 bridgehead atoms. The Morgan fingerprint density at radius 1 is 1.24 bits per heavy atom. The number of hydrogen-bond acceptors (Lipinski definition) is 1. The van der Waals surface area contributed by atoms with Gasteiger partial charge in [-0.15, -0.1) is 24.8 Å². The van der Waals surface area contributed by atoms with Crippen LogP contribution in [0.25, 0.3) is 0 Å². The molecule has 1 rings (SSSR count). The first kappa shape index (κ1) is 20.3. The van der Waals surface area contributed by atoms with Crippen molar-refractivity contribution in [3.8, 4) is 0 Å². The third-order valence-corrected chi connectivity index (χ3v) is 7.26. The van der Waals surface area contributed by atoms with E-state index in [-0.39, 0.29) is 24.8 Å². The number of allylic oxidation sites excluding steroid dienone is 4. The minimum absolute atomic E-state index is 0. The Morgan fingerprint density at radius 3 is 2.12 bits per heavy atom. The zero-order valence-corrected chi connectivity index (χ0v) is 15.4. The van der Waals surface area contributed by atoms with Crippen molar-refractivity contribution in [2.45, 2.75) is 51.9 Å². The molecular weight excluding hydrogens is 307 g/mol. The van der Waals surface area contributed by atoms with Crippen LogP contribution in [-0.2, 0) is 24.9 Å². The van der Waals surface area contributed by atoms with Gasteiger partial charge in [-0.25, -0.2) is 0 Å². The van der Waals surface area contributed by atoms with Gasteiger partial charge in [0.15, 0.2) is 0 Å². The van der Waals surface area contributed by atoms with Crippen LogP contribution in [0.3, 0.4) is 0 Å². The topological polar surface area (TPSA) is 9.23 Å².